The van der Waals surface area contributed by atoms with Gasteiger partial charge in [0.1, 0.15) is 11.6 Å². The number of pyridine rings is 1. The number of nitrogens with zero attached hydrogens (tertiary/aromatic N) is 3. The van der Waals surface area contributed by atoms with Crippen LogP contribution in [0.15, 0.2) is 30.5 Å². The number of carbonyl (C=O) groups excluding carboxylic acids is 1. The second kappa shape index (κ2) is 9.74. The number of halogens is 4. The second-order valence-electron chi connectivity index (χ2n) is 7.40. The molecule has 2 aromatic rings. The van der Waals surface area contributed by atoms with E-state index in [2.05, 4.69) is 10.3 Å². The molecule has 1 amide bonds. The Bertz CT molecular complexity index is 939. The number of anilines is 2. The maximum Gasteiger partial charge on any atom is 0.417 e. The van der Waals surface area contributed by atoms with Crippen molar-refractivity contribution in [3.8, 4) is 5.75 Å². The van der Waals surface area contributed by atoms with Crippen molar-refractivity contribution in [1.82, 2.24) is 9.88 Å². The summed E-state index contributed by atoms with van der Waals surface area (Å²) in [6.07, 6.45) is -2.97. The molecule has 168 valence electrons. The smallest absolute Gasteiger partial charge is 0.417 e. The number of aryl methyl sites for hydroxylation is 1. The van der Waals surface area contributed by atoms with Crippen molar-refractivity contribution in [3.63, 3.8) is 0 Å². The molecule has 6 nitrogen and oxygen atoms in total. The van der Waals surface area contributed by atoms with E-state index in [1.165, 1.54) is 0 Å². The topological polar surface area (TPSA) is 57.7 Å². The monoisotopic (exact) mass is 456 g/mol. The Morgan fingerprint density at radius 3 is 2.68 bits per heavy atom. The van der Waals surface area contributed by atoms with Crippen LogP contribution in [0.25, 0.3) is 0 Å². The Balaban J connectivity index is 1.60. The van der Waals surface area contributed by atoms with Crippen LogP contribution in [0.5, 0.6) is 5.75 Å². The molecule has 1 aromatic carbocycles. The molecule has 1 saturated heterocycles. The number of hydrogen-bond acceptors (Lipinski definition) is 5. The molecule has 1 aromatic heterocycles. The van der Waals surface area contributed by atoms with Crippen LogP contribution in [0, 0.1) is 6.92 Å². The zero-order valence-electron chi connectivity index (χ0n) is 17.3. The maximum absolute atomic E-state index is 12.8. The van der Waals surface area contributed by atoms with Gasteiger partial charge in [0.15, 0.2) is 0 Å². The average Bonchev–Trinajstić information content (AvgIpc) is 2.93. The molecule has 31 heavy (non-hydrogen) atoms. The van der Waals surface area contributed by atoms with Crippen molar-refractivity contribution in [2.24, 2.45) is 0 Å². The zero-order valence-corrected chi connectivity index (χ0v) is 18.1. The first-order valence-electron chi connectivity index (χ1n) is 9.82. The third-order valence-electron chi connectivity index (χ3n) is 5.03. The second-order valence-corrected chi connectivity index (χ2v) is 7.80. The SMILES string of the molecule is COc1ccc(C)cc1NC(=O)CN1CCCN(c2ncc(C(F)(F)F)cc2Cl)CC1. The van der Waals surface area contributed by atoms with Crippen LogP contribution in [-0.2, 0) is 11.0 Å². The highest BCUT2D eigenvalue weighted by molar-refractivity contribution is 6.33. The van der Waals surface area contributed by atoms with Crippen LogP contribution in [-0.4, -0.2) is 55.6 Å². The first kappa shape index (κ1) is 23.1. The van der Waals surface area contributed by atoms with Crippen molar-refractivity contribution in [2.75, 3.05) is 50.1 Å². The zero-order chi connectivity index (χ0) is 22.6. The van der Waals surface area contributed by atoms with Crippen LogP contribution in [0.4, 0.5) is 24.7 Å². The summed E-state index contributed by atoms with van der Waals surface area (Å²) in [5, 5.41) is 2.85. The largest absolute Gasteiger partial charge is 0.495 e. The number of nitrogens with one attached hydrogen (secondary N) is 1. The Morgan fingerprint density at radius 1 is 1.23 bits per heavy atom. The number of benzene rings is 1. The fraction of sp³-hybridized carbons (Fsp3) is 0.429. The molecule has 0 aliphatic carbocycles. The summed E-state index contributed by atoms with van der Waals surface area (Å²) in [4.78, 5) is 20.3. The van der Waals surface area contributed by atoms with E-state index in [9.17, 15) is 18.0 Å². The van der Waals surface area contributed by atoms with E-state index in [1.807, 2.05) is 28.9 Å². The van der Waals surface area contributed by atoms with Gasteiger partial charge in [-0.3, -0.25) is 9.69 Å². The van der Waals surface area contributed by atoms with Gasteiger partial charge in [0.05, 0.1) is 29.9 Å². The lowest BCUT2D eigenvalue weighted by molar-refractivity contribution is -0.137. The summed E-state index contributed by atoms with van der Waals surface area (Å²) in [7, 11) is 1.55. The standard InChI is InChI=1S/C21H24ClF3N4O2/c1-14-4-5-18(31-2)17(10-14)27-19(30)13-28-6-3-7-29(9-8-28)20-16(22)11-15(12-26-20)21(23,24)25/h4-5,10-12H,3,6-9,13H2,1-2H3,(H,27,30). The molecule has 1 aliphatic rings. The fourth-order valence-electron chi connectivity index (χ4n) is 3.47. The highest BCUT2D eigenvalue weighted by Gasteiger charge is 2.32. The molecule has 1 aliphatic heterocycles. The molecule has 3 rings (SSSR count). The minimum Gasteiger partial charge on any atom is -0.495 e. The van der Waals surface area contributed by atoms with Gasteiger partial charge < -0.3 is 15.0 Å². The summed E-state index contributed by atoms with van der Waals surface area (Å²) >= 11 is 6.08. The van der Waals surface area contributed by atoms with E-state index in [1.54, 1.807) is 13.2 Å². The Morgan fingerprint density at radius 2 is 2.00 bits per heavy atom. The van der Waals surface area contributed by atoms with Gasteiger partial charge in [-0.15, -0.1) is 0 Å². The molecular formula is C21H24ClF3N4O2. The van der Waals surface area contributed by atoms with E-state index >= 15 is 0 Å². The van der Waals surface area contributed by atoms with E-state index in [0.717, 1.165) is 24.2 Å². The van der Waals surface area contributed by atoms with E-state index in [4.69, 9.17) is 16.3 Å². The molecule has 0 bridgehead atoms. The molecule has 10 heteroatoms. The first-order chi connectivity index (χ1) is 14.7. The van der Waals surface area contributed by atoms with Crippen molar-refractivity contribution in [1.29, 1.82) is 0 Å². The molecule has 0 atom stereocenters. The summed E-state index contributed by atoms with van der Waals surface area (Å²) < 4.78 is 43.8. The van der Waals surface area contributed by atoms with Crippen molar-refractivity contribution in [3.05, 3.63) is 46.6 Å². The number of amides is 1. The predicted octanol–water partition coefficient (Wildman–Crippen LogP) is 4.22. The van der Waals surface area contributed by atoms with E-state index in [-0.39, 0.29) is 17.5 Å². The fourth-order valence-corrected chi connectivity index (χ4v) is 3.76. The van der Waals surface area contributed by atoms with Gasteiger partial charge in [-0.25, -0.2) is 4.98 Å². The van der Waals surface area contributed by atoms with Gasteiger partial charge in [0, 0.05) is 32.4 Å². The Kier molecular flexibility index (Phi) is 7.27. The maximum atomic E-state index is 12.8. The van der Waals surface area contributed by atoms with Crippen LogP contribution in [0.1, 0.15) is 17.5 Å². The van der Waals surface area contributed by atoms with Gasteiger partial charge in [-0.1, -0.05) is 17.7 Å². The molecular weight excluding hydrogens is 433 g/mol. The lowest BCUT2D eigenvalue weighted by Gasteiger charge is -2.24. The quantitative estimate of drug-likeness (QED) is 0.730. The van der Waals surface area contributed by atoms with Crippen LogP contribution in [0.3, 0.4) is 0 Å². The number of carbonyl (C=O) groups is 1. The average molecular weight is 457 g/mol. The number of alkyl halides is 3. The highest BCUT2D eigenvalue weighted by atomic mass is 35.5. The molecule has 1 fully saturated rings. The Hall–Kier alpha value is -2.52. The molecule has 2 heterocycles. The summed E-state index contributed by atoms with van der Waals surface area (Å²) in [6, 6.07) is 6.45. The molecule has 0 saturated carbocycles. The first-order valence-corrected chi connectivity index (χ1v) is 10.2. The third-order valence-corrected chi connectivity index (χ3v) is 5.31. The highest BCUT2D eigenvalue weighted by Crippen LogP contribution is 2.33. The minimum absolute atomic E-state index is 0.0347. The number of ether oxygens (including phenoxy) is 1. The summed E-state index contributed by atoms with van der Waals surface area (Å²) in [5.41, 5.74) is 0.744. The van der Waals surface area contributed by atoms with Gasteiger partial charge in [0.2, 0.25) is 5.91 Å². The van der Waals surface area contributed by atoms with Crippen LogP contribution in [0.2, 0.25) is 5.02 Å². The lowest BCUT2D eigenvalue weighted by atomic mass is 10.2. The van der Waals surface area contributed by atoms with Crippen LogP contribution >= 0.6 is 11.6 Å². The third kappa shape index (κ3) is 6.01. The summed E-state index contributed by atoms with van der Waals surface area (Å²) in [5.74, 6) is 0.748. The van der Waals surface area contributed by atoms with Gasteiger partial charge in [-0.2, -0.15) is 13.2 Å². The number of methoxy groups -OCH3 is 1. The van der Waals surface area contributed by atoms with Crippen molar-refractivity contribution >= 4 is 29.0 Å². The van der Waals surface area contributed by atoms with Crippen molar-refractivity contribution < 1.29 is 22.7 Å². The normalized spacial score (nSPS) is 15.5. The molecule has 0 spiro atoms. The van der Waals surface area contributed by atoms with Crippen molar-refractivity contribution in [2.45, 2.75) is 19.5 Å². The van der Waals surface area contributed by atoms with Gasteiger partial charge >= 0.3 is 6.18 Å². The van der Waals surface area contributed by atoms with E-state index in [0.29, 0.717) is 43.4 Å². The molecule has 0 unspecified atom stereocenters. The van der Waals surface area contributed by atoms with Gasteiger partial charge in [0.25, 0.3) is 0 Å². The Labute approximate surface area is 183 Å². The minimum atomic E-state index is -4.49. The molecule has 1 N–H and O–H groups in total. The van der Waals surface area contributed by atoms with E-state index < -0.39 is 11.7 Å². The number of aromatic nitrogens is 1. The summed E-state index contributed by atoms with van der Waals surface area (Å²) in [6.45, 7) is 4.43. The van der Waals surface area contributed by atoms with Gasteiger partial charge in [-0.05, 0) is 37.1 Å². The predicted molar refractivity (Wildman–Crippen MR) is 114 cm³/mol. The molecule has 0 radical (unpaired) electrons. The number of rotatable bonds is 5. The van der Waals surface area contributed by atoms with Crippen LogP contribution < -0.4 is 15.0 Å². The number of hydrogen-bond donors (Lipinski definition) is 1. The lowest BCUT2D eigenvalue weighted by Crippen LogP contribution is -2.36.